The van der Waals surface area contributed by atoms with Gasteiger partial charge in [0.15, 0.2) is 0 Å². The summed E-state index contributed by atoms with van der Waals surface area (Å²) in [6.45, 7) is 4.09. The number of halogens is 3. The fourth-order valence-corrected chi connectivity index (χ4v) is 3.70. The quantitative estimate of drug-likeness (QED) is 0.697. The highest BCUT2D eigenvalue weighted by Crippen LogP contribution is 2.34. The molecule has 1 aromatic carbocycles. The highest BCUT2D eigenvalue weighted by atomic mass is 79.9. The molecule has 0 aliphatic carbocycles. The predicted molar refractivity (Wildman–Crippen MR) is 90.2 cm³/mol. The molecule has 0 saturated carbocycles. The number of hydrogen-bond donors (Lipinski definition) is 1. The molecule has 0 bridgehead atoms. The summed E-state index contributed by atoms with van der Waals surface area (Å²) in [5.41, 5.74) is 0.969. The van der Waals surface area contributed by atoms with Crippen molar-refractivity contribution in [3.8, 4) is 5.75 Å². The lowest BCUT2D eigenvalue weighted by molar-refractivity contribution is 0.305. The van der Waals surface area contributed by atoms with Crippen LogP contribution in [0.2, 0.25) is 10.0 Å². The molecule has 0 spiro atoms. The molecular formula is C14H14BrCl2NOS. The lowest BCUT2D eigenvalue weighted by Crippen LogP contribution is -2.13. The molecule has 0 atom stereocenters. The second-order valence-electron chi connectivity index (χ2n) is 4.14. The Balaban J connectivity index is 2.18. The van der Waals surface area contributed by atoms with Crippen molar-refractivity contribution in [3.63, 3.8) is 0 Å². The lowest BCUT2D eigenvalue weighted by atomic mass is 10.2. The summed E-state index contributed by atoms with van der Waals surface area (Å²) < 4.78 is 6.95. The van der Waals surface area contributed by atoms with Gasteiger partial charge in [-0.25, -0.2) is 0 Å². The van der Waals surface area contributed by atoms with E-state index in [1.165, 1.54) is 0 Å². The summed E-state index contributed by atoms with van der Waals surface area (Å²) in [6, 6.07) is 5.60. The van der Waals surface area contributed by atoms with Crippen molar-refractivity contribution in [1.82, 2.24) is 5.32 Å². The number of thiophene rings is 1. The number of benzene rings is 1. The largest absolute Gasteiger partial charge is 0.486 e. The highest BCUT2D eigenvalue weighted by Gasteiger charge is 2.12. The summed E-state index contributed by atoms with van der Waals surface area (Å²) in [4.78, 5) is 1.13. The summed E-state index contributed by atoms with van der Waals surface area (Å²) in [5, 5.41) is 6.44. The average molecular weight is 395 g/mol. The van der Waals surface area contributed by atoms with Crippen LogP contribution in [0.15, 0.2) is 28.1 Å². The minimum Gasteiger partial charge on any atom is -0.486 e. The molecule has 0 fully saturated rings. The van der Waals surface area contributed by atoms with Gasteiger partial charge in [-0.1, -0.05) is 30.1 Å². The fraction of sp³-hybridized carbons (Fsp3) is 0.286. The van der Waals surface area contributed by atoms with Crippen LogP contribution in [0.3, 0.4) is 0 Å². The van der Waals surface area contributed by atoms with E-state index in [4.69, 9.17) is 27.9 Å². The van der Waals surface area contributed by atoms with E-state index in [-0.39, 0.29) is 0 Å². The van der Waals surface area contributed by atoms with E-state index < -0.39 is 0 Å². The van der Waals surface area contributed by atoms with E-state index >= 15 is 0 Å². The number of rotatable bonds is 6. The topological polar surface area (TPSA) is 21.3 Å². The maximum atomic E-state index is 6.25. The minimum atomic E-state index is 0.485. The molecule has 2 rings (SSSR count). The molecule has 0 unspecified atom stereocenters. The Labute approximate surface area is 141 Å². The van der Waals surface area contributed by atoms with Crippen LogP contribution in [-0.4, -0.2) is 6.54 Å². The smallest absolute Gasteiger partial charge is 0.143 e. The molecule has 20 heavy (non-hydrogen) atoms. The maximum Gasteiger partial charge on any atom is 0.143 e. The van der Waals surface area contributed by atoms with Crippen LogP contribution in [0.4, 0.5) is 0 Å². The zero-order valence-corrected chi connectivity index (χ0v) is 14.8. The van der Waals surface area contributed by atoms with Crippen molar-refractivity contribution in [1.29, 1.82) is 0 Å². The molecule has 0 radical (unpaired) electrons. The van der Waals surface area contributed by atoms with Crippen molar-refractivity contribution in [2.75, 3.05) is 6.54 Å². The van der Waals surface area contributed by atoms with Crippen LogP contribution in [0.5, 0.6) is 5.75 Å². The lowest BCUT2D eigenvalue weighted by Gasteiger charge is -2.14. The van der Waals surface area contributed by atoms with Gasteiger partial charge in [-0.2, -0.15) is 0 Å². The van der Waals surface area contributed by atoms with Crippen LogP contribution in [0, 0.1) is 0 Å². The molecule has 0 saturated heterocycles. The Kier molecular flexibility index (Phi) is 6.18. The molecule has 6 heteroatoms. The van der Waals surface area contributed by atoms with Gasteiger partial charge in [0.1, 0.15) is 12.4 Å². The molecule has 1 N–H and O–H groups in total. The number of nitrogens with one attached hydrogen (secondary N) is 1. The minimum absolute atomic E-state index is 0.485. The van der Waals surface area contributed by atoms with Crippen LogP contribution < -0.4 is 10.1 Å². The van der Waals surface area contributed by atoms with Gasteiger partial charge in [0.05, 0.1) is 9.90 Å². The normalized spacial score (nSPS) is 10.8. The summed E-state index contributed by atoms with van der Waals surface area (Å²) in [5.74, 6) is 0.692. The molecule has 2 nitrogen and oxygen atoms in total. The molecule has 108 valence electrons. The van der Waals surface area contributed by atoms with E-state index in [1.807, 2.05) is 17.5 Å². The van der Waals surface area contributed by atoms with Gasteiger partial charge in [-0.05, 0) is 46.1 Å². The molecular weight excluding hydrogens is 381 g/mol. The first-order valence-corrected chi connectivity index (χ1v) is 8.58. The Morgan fingerprint density at radius 1 is 1.35 bits per heavy atom. The van der Waals surface area contributed by atoms with E-state index in [0.29, 0.717) is 28.9 Å². The van der Waals surface area contributed by atoms with Crippen LogP contribution in [0.25, 0.3) is 0 Å². The van der Waals surface area contributed by atoms with Gasteiger partial charge < -0.3 is 10.1 Å². The predicted octanol–water partition coefficient (Wildman–Crippen LogP) is 5.51. The zero-order chi connectivity index (χ0) is 14.5. The van der Waals surface area contributed by atoms with Crippen molar-refractivity contribution in [2.45, 2.75) is 20.1 Å². The molecule has 2 aromatic rings. The van der Waals surface area contributed by atoms with Gasteiger partial charge in [0, 0.05) is 21.6 Å². The average Bonchev–Trinajstić information content (AvgIpc) is 2.80. The van der Waals surface area contributed by atoms with Crippen molar-refractivity contribution in [3.05, 3.63) is 48.5 Å². The van der Waals surface area contributed by atoms with Gasteiger partial charge in [0.2, 0.25) is 0 Å². The standard InChI is InChI=1S/C14H14BrCl2NOS/c1-2-18-7-9-5-10(16)6-12(17)14(9)19-8-13-11(15)3-4-20-13/h3-6,18H,2,7-8H2,1H3. The van der Waals surface area contributed by atoms with Gasteiger partial charge in [-0.15, -0.1) is 11.3 Å². The van der Waals surface area contributed by atoms with Gasteiger partial charge in [0.25, 0.3) is 0 Å². The Morgan fingerprint density at radius 3 is 2.80 bits per heavy atom. The number of hydrogen-bond acceptors (Lipinski definition) is 3. The van der Waals surface area contributed by atoms with E-state index in [1.54, 1.807) is 17.4 Å². The first kappa shape index (κ1) is 16.1. The third kappa shape index (κ3) is 4.12. The molecule has 1 heterocycles. The van der Waals surface area contributed by atoms with E-state index in [9.17, 15) is 0 Å². The van der Waals surface area contributed by atoms with Crippen LogP contribution >= 0.6 is 50.5 Å². The first-order chi connectivity index (χ1) is 9.61. The highest BCUT2D eigenvalue weighted by molar-refractivity contribution is 9.10. The van der Waals surface area contributed by atoms with Crippen LogP contribution in [0.1, 0.15) is 17.4 Å². The maximum absolute atomic E-state index is 6.25. The summed E-state index contributed by atoms with van der Waals surface area (Å²) in [6.07, 6.45) is 0. The Bertz CT molecular complexity index is 589. The van der Waals surface area contributed by atoms with Gasteiger partial charge >= 0.3 is 0 Å². The van der Waals surface area contributed by atoms with Crippen molar-refractivity contribution >= 4 is 50.5 Å². The van der Waals surface area contributed by atoms with E-state index in [0.717, 1.165) is 21.5 Å². The number of ether oxygens (including phenoxy) is 1. The Morgan fingerprint density at radius 2 is 2.15 bits per heavy atom. The van der Waals surface area contributed by atoms with Crippen LogP contribution in [-0.2, 0) is 13.2 Å². The molecule has 0 aliphatic rings. The third-order valence-corrected chi connectivity index (χ3v) is 5.09. The Hall–Kier alpha value is -0.260. The zero-order valence-electron chi connectivity index (χ0n) is 10.9. The van der Waals surface area contributed by atoms with Crippen molar-refractivity contribution < 1.29 is 4.74 Å². The van der Waals surface area contributed by atoms with Gasteiger partial charge in [-0.3, -0.25) is 0 Å². The van der Waals surface area contributed by atoms with E-state index in [2.05, 4.69) is 28.2 Å². The molecule has 0 aliphatic heterocycles. The summed E-state index contributed by atoms with van der Waals surface area (Å²) in [7, 11) is 0. The first-order valence-electron chi connectivity index (χ1n) is 6.15. The SMILES string of the molecule is CCNCc1cc(Cl)cc(Cl)c1OCc1sccc1Br. The second kappa shape index (κ2) is 7.66. The third-order valence-electron chi connectivity index (χ3n) is 2.69. The monoisotopic (exact) mass is 393 g/mol. The molecule has 0 amide bonds. The summed E-state index contributed by atoms with van der Waals surface area (Å²) >= 11 is 17.4. The fourth-order valence-electron chi connectivity index (χ4n) is 1.73. The second-order valence-corrected chi connectivity index (χ2v) is 6.84. The molecule has 1 aromatic heterocycles. The van der Waals surface area contributed by atoms with Crippen molar-refractivity contribution in [2.24, 2.45) is 0 Å².